The maximum atomic E-state index is 11.1. The monoisotopic (exact) mass is 236 g/mol. The second-order valence-corrected chi connectivity index (χ2v) is 3.19. The average molecular weight is 236 g/mol. The first kappa shape index (κ1) is 12.6. The number of hydrogen-bond donors (Lipinski definition) is 2. The van der Waals surface area contributed by atoms with Gasteiger partial charge in [-0.25, -0.2) is 9.78 Å². The van der Waals surface area contributed by atoms with Crippen molar-refractivity contribution in [2.75, 3.05) is 7.11 Å². The minimum Gasteiger partial charge on any atom is -0.451 e. The minimum absolute atomic E-state index is 0.0884. The van der Waals surface area contributed by atoms with E-state index in [4.69, 9.17) is 11.5 Å². The van der Waals surface area contributed by atoms with Crippen LogP contribution in [-0.2, 0) is 4.74 Å². The number of aryl methyl sites for hydroxylation is 1. The van der Waals surface area contributed by atoms with Crippen molar-refractivity contribution >= 4 is 17.8 Å². The number of pyridine rings is 1. The van der Waals surface area contributed by atoms with Crippen molar-refractivity contribution in [3.8, 4) is 0 Å². The highest BCUT2D eigenvalue weighted by atomic mass is 16.5. The number of aliphatic imine (C=N–C) groups is 1. The molecule has 0 unspecified atom stereocenters. The molecule has 1 aromatic heterocycles. The van der Waals surface area contributed by atoms with Gasteiger partial charge in [0, 0.05) is 0 Å². The fourth-order valence-corrected chi connectivity index (χ4v) is 1.12. The van der Waals surface area contributed by atoms with E-state index in [0.29, 0.717) is 5.56 Å². The Labute approximate surface area is 97.5 Å². The zero-order valence-electron chi connectivity index (χ0n) is 9.43. The quantitative estimate of drug-likeness (QED) is 0.551. The summed E-state index contributed by atoms with van der Waals surface area (Å²) in [4.78, 5) is 29.3. The van der Waals surface area contributed by atoms with Gasteiger partial charge in [-0.05, 0) is 18.6 Å². The van der Waals surface area contributed by atoms with Gasteiger partial charge in [-0.3, -0.25) is 4.79 Å². The number of methoxy groups -OCH3 is 1. The number of carbonyl (C=O) groups excluding carboxylic acids is 2. The van der Waals surface area contributed by atoms with E-state index >= 15 is 0 Å². The van der Waals surface area contributed by atoms with E-state index < -0.39 is 12.0 Å². The molecule has 0 aliphatic carbocycles. The van der Waals surface area contributed by atoms with Crippen molar-refractivity contribution in [3.05, 3.63) is 29.1 Å². The van der Waals surface area contributed by atoms with Crippen LogP contribution < -0.4 is 11.5 Å². The Morgan fingerprint density at radius 1 is 1.35 bits per heavy atom. The second kappa shape index (κ2) is 5.06. The van der Waals surface area contributed by atoms with Gasteiger partial charge in [-0.2, -0.15) is 4.99 Å². The van der Waals surface area contributed by atoms with Crippen molar-refractivity contribution < 1.29 is 14.3 Å². The molecule has 0 saturated carbocycles. The molecule has 0 spiro atoms. The summed E-state index contributed by atoms with van der Waals surface area (Å²) < 4.78 is 4.32. The third-order valence-corrected chi connectivity index (χ3v) is 1.98. The second-order valence-electron chi connectivity index (χ2n) is 3.19. The van der Waals surface area contributed by atoms with E-state index in [1.807, 2.05) is 0 Å². The lowest BCUT2D eigenvalue weighted by Crippen LogP contribution is -2.21. The van der Waals surface area contributed by atoms with E-state index in [9.17, 15) is 9.59 Å². The van der Waals surface area contributed by atoms with Crippen LogP contribution in [0.5, 0.6) is 0 Å². The first-order valence-electron chi connectivity index (χ1n) is 4.65. The van der Waals surface area contributed by atoms with E-state index in [-0.39, 0.29) is 17.2 Å². The van der Waals surface area contributed by atoms with E-state index in [0.717, 1.165) is 0 Å². The lowest BCUT2D eigenvalue weighted by molar-refractivity contribution is 0.0995. The number of aromatic nitrogens is 1. The predicted molar refractivity (Wildman–Crippen MR) is 60.6 cm³/mol. The molecule has 1 rings (SSSR count). The van der Waals surface area contributed by atoms with Crippen molar-refractivity contribution in [3.63, 3.8) is 0 Å². The fourth-order valence-electron chi connectivity index (χ4n) is 1.12. The highest BCUT2D eigenvalue weighted by Gasteiger charge is 2.10. The number of primary amides is 1. The van der Waals surface area contributed by atoms with Crippen molar-refractivity contribution in [2.45, 2.75) is 6.92 Å². The number of amidine groups is 1. The Balaban J connectivity index is 3.16. The number of carbonyl (C=O) groups is 2. The van der Waals surface area contributed by atoms with Crippen molar-refractivity contribution in [1.82, 2.24) is 4.98 Å². The summed E-state index contributed by atoms with van der Waals surface area (Å²) in [6.07, 6.45) is -0.842. The summed E-state index contributed by atoms with van der Waals surface area (Å²) in [7, 11) is 1.18. The van der Waals surface area contributed by atoms with Crippen molar-refractivity contribution in [2.24, 2.45) is 16.5 Å². The largest absolute Gasteiger partial charge is 0.451 e. The molecule has 4 N–H and O–H groups in total. The van der Waals surface area contributed by atoms with Crippen LogP contribution in [0.25, 0.3) is 0 Å². The zero-order valence-corrected chi connectivity index (χ0v) is 9.43. The number of hydrogen-bond acceptors (Lipinski definition) is 4. The number of nitrogens with zero attached hydrogens (tertiary/aromatic N) is 2. The summed E-state index contributed by atoms with van der Waals surface area (Å²) in [5.41, 5.74) is 11.6. The number of amides is 2. The number of nitrogens with two attached hydrogens (primary N) is 2. The molecule has 0 aromatic carbocycles. The molecule has 90 valence electrons. The summed E-state index contributed by atoms with van der Waals surface area (Å²) in [5, 5.41) is 0. The van der Waals surface area contributed by atoms with Gasteiger partial charge in [0.15, 0.2) is 5.84 Å². The standard InChI is InChI=1S/C10H12N4O3/c1-5-3-4-6(13-7(5)9(12)15)8(11)14-10(16)17-2/h3-4H,1-2H3,(H2,12,15)(H2,11,14,16). The predicted octanol–water partition coefficient (Wildman–Crippen LogP) is -0.0394. The first-order valence-corrected chi connectivity index (χ1v) is 4.65. The van der Waals surface area contributed by atoms with Gasteiger partial charge in [-0.1, -0.05) is 6.07 Å². The minimum atomic E-state index is -0.842. The van der Waals surface area contributed by atoms with Crippen LogP contribution in [-0.4, -0.2) is 29.9 Å². The molecule has 0 saturated heterocycles. The molecule has 2 amide bonds. The van der Waals surface area contributed by atoms with Crippen LogP contribution in [0, 0.1) is 6.92 Å². The summed E-state index contributed by atoms with van der Waals surface area (Å²) in [6, 6.07) is 3.14. The van der Waals surface area contributed by atoms with Gasteiger partial charge < -0.3 is 16.2 Å². The molecule has 0 radical (unpaired) electrons. The fraction of sp³-hybridized carbons (Fsp3) is 0.200. The molecule has 0 atom stereocenters. The molecule has 0 fully saturated rings. The van der Waals surface area contributed by atoms with Crippen LogP contribution in [0.1, 0.15) is 21.7 Å². The lowest BCUT2D eigenvalue weighted by Gasteiger charge is -2.04. The molecule has 1 aromatic rings. The Morgan fingerprint density at radius 3 is 2.53 bits per heavy atom. The lowest BCUT2D eigenvalue weighted by atomic mass is 10.2. The van der Waals surface area contributed by atoms with Crippen LogP contribution in [0.4, 0.5) is 4.79 Å². The Hall–Kier alpha value is -2.44. The third kappa shape index (κ3) is 3.00. The van der Waals surface area contributed by atoms with E-state index in [2.05, 4.69) is 14.7 Å². The van der Waals surface area contributed by atoms with E-state index in [1.54, 1.807) is 13.0 Å². The normalized spacial score (nSPS) is 11.1. The third-order valence-electron chi connectivity index (χ3n) is 1.98. The van der Waals surface area contributed by atoms with Gasteiger partial charge in [-0.15, -0.1) is 0 Å². The molecule has 0 bridgehead atoms. The highest BCUT2D eigenvalue weighted by molar-refractivity contribution is 6.02. The Morgan fingerprint density at radius 2 is 2.00 bits per heavy atom. The van der Waals surface area contributed by atoms with Crippen LogP contribution in [0.2, 0.25) is 0 Å². The molecule has 17 heavy (non-hydrogen) atoms. The molecule has 1 heterocycles. The molecule has 7 heteroatoms. The van der Waals surface area contributed by atoms with Gasteiger partial charge in [0.05, 0.1) is 7.11 Å². The Kier molecular flexibility index (Phi) is 3.76. The molecular formula is C10H12N4O3. The average Bonchev–Trinajstić information content (AvgIpc) is 2.28. The smallest absolute Gasteiger partial charge is 0.435 e. The zero-order chi connectivity index (χ0) is 13.0. The molecule has 0 aliphatic rings. The van der Waals surface area contributed by atoms with Crippen LogP contribution in [0.15, 0.2) is 17.1 Å². The highest BCUT2D eigenvalue weighted by Crippen LogP contribution is 2.06. The van der Waals surface area contributed by atoms with E-state index in [1.165, 1.54) is 13.2 Å². The topological polar surface area (TPSA) is 121 Å². The van der Waals surface area contributed by atoms with Crippen molar-refractivity contribution in [1.29, 1.82) is 0 Å². The van der Waals surface area contributed by atoms with Crippen LogP contribution in [0.3, 0.4) is 0 Å². The summed E-state index contributed by atoms with van der Waals surface area (Å²) in [6.45, 7) is 1.69. The summed E-state index contributed by atoms with van der Waals surface area (Å²) in [5.74, 6) is -0.811. The molecule has 7 nitrogen and oxygen atoms in total. The SMILES string of the molecule is COC(=O)N=C(N)c1ccc(C)c(C(N)=O)n1. The van der Waals surface area contributed by atoms with Gasteiger partial charge >= 0.3 is 6.09 Å². The molecule has 0 aliphatic heterocycles. The molecular weight excluding hydrogens is 224 g/mol. The Bertz CT molecular complexity index is 496. The van der Waals surface area contributed by atoms with Gasteiger partial charge in [0.2, 0.25) is 0 Å². The van der Waals surface area contributed by atoms with Gasteiger partial charge in [0.1, 0.15) is 11.4 Å². The maximum Gasteiger partial charge on any atom is 0.435 e. The number of ether oxygens (including phenoxy) is 1. The summed E-state index contributed by atoms with van der Waals surface area (Å²) >= 11 is 0. The maximum absolute atomic E-state index is 11.1. The number of rotatable bonds is 2. The van der Waals surface area contributed by atoms with Crippen LogP contribution >= 0.6 is 0 Å². The van der Waals surface area contributed by atoms with Gasteiger partial charge in [0.25, 0.3) is 5.91 Å². The first-order chi connectivity index (χ1) is 7.95.